The van der Waals surface area contributed by atoms with E-state index in [4.69, 9.17) is 0 Å². The van der Waals surface area contributed by atoms with Crippen LogP contribution in [0.3, 0.4) is 0 Å². The molecule has 2 heterocycles. The summed E-state index contributed by atoms with van der Waals surface area (Å²) in [6.45, 7) is 3.75. The molecule has 4 heteroatoms. The summed E-state index contributed by atoms with van der Waals surface area (Å²) >= 11 is 0. The van der Waals surface area contributed by atoms with Gasteiger partial charge in [0.2, 0.25) is 0 Å². The van der Waals surface area contributed by atoms with Crippen molar-refractivity contribution < 1.29 is 4.79 Å². The van der Waals surface area contributed by atoms with Gasteiger partial charge < -0.3 is 10.6 Å². The van der Waals surface area contributed by atoms with Crippen LogP contribution in [0.5, 0.6) is 0 Å². The van der Waals surface area contributed by atoms with E-state index in [1.165, 1.54) is 11.1 Å². The lowest BCUT2D eigenvalue weighted by Gasteiger charge is -2.21. The summed E-state index contributed by atoms with van der Waals surface area (Å²) in [4.78, 5) is 16.6. The molecule has 4 nitrogen and oxygen atoms in total. The molecule has 1 aliphatic rings. The lowest BCUT2D eigenvalue weighted by Crippen LogP contribution is -2.30. The molecule has 1 amide bonds. The first kappa shape index (κ1) is 13.8. The standard InChI is InChI=1S/C17H19N3O/c1-12(13-5-3-8-18-10-13)20-17(21)16-6-2-4-14-11-19-9-7-15(14)16/h2-6,8,10,12,19H,7,9,11H2,1H3,(H,20,21)/t12-/m1/s1. The van der Waals surface area contributed by atoms with Gasteiger partial charge in [-0.3, -0.25) is 9.78 Å². The van der Waals surface area contributed by atoms with Crippen LogP contribution in [0.4, 0.5) is 0 Å². The van der Waals surface area contributed by atoms with E-state index < -0.39 is 0 Å². The Morgan fingerprint density at radius 3 is 3.05 bits per heavy atom. The van der Waals surface area contributed by atoms with Gasteiger partial charge in [0.15, 0.2) is 0 Å². The number of nitrogens with zero attached hydrogens (tertiary/aromatic N) is 1. The van der Waals surface area contributed by atoms with Gasteiger partial charge in [-0.05, 0) is 48.7 Å². The third-order valence-corrected chi connectivity index (χ3v) is 3.92. The Morgan fingerprint density at radius 1 is 1.33 bits per heavy atom. The summed E-state index contributed by atoms with van der Waals surface area (Å²) in [6.07, 6.45) is 4.42. The molecule has 21 heavy (non-hydrogen) atoms. The van der Waals surface area contributed by atoms with Crippen LogP contribution >= 0.6 is 0 Å². The Balaban J connectivity index is 1.80. The van der Waals surface area contributed by atoms with Crippen LogP contribution in [0.1, 0.15) is 40.0 Å². The third kappa shape index (κ3) is 2.95. The number of rotatable bonds is 3. The van der Waals surface area contributed by atoms with Crippen LogP contribution < -0.4 is 10.6 Å². The largest absolute Gasteiger partial charge is 0.345 e. The van der Waals surface area contributed by atoms with Crippen molar-refractivity contribution >= 4 is 5.91 Å². The summed E-state index contributed by atoms with van der Waals surface area (Å²) in [6, 6.07) is 9.76. The summed E-state index contributed by atoms with van der Waals surface area (Å²) in [7, 11) is 0. The molecule has 2 N–H and O–H groups in total. The smallest absolute Gasteiger partial charge is 0.252 e. The molecule has 3 rings (SSSR count). The predicted molar refractivity (Wildman–Crippen MR) is 82.0 cm³/mol. The van der Waals surface area contributed by atoms with Crippen LogP contribution in [0.25, 0.3) is 0 Å². The summed E-state index contributed by atoms with van der Waals surface area (Å²) in [5.74, 6) is -0.00916. The Kier molecular flexibility index (Phi) is 3.97. The molecule has 1 atom stereocenters. The molecule has 0 radical (unpaired) electrons. The van der Waals surface area contributed by atoms with Crippen molar-refractivity contribution in [3.63, 3.8) is 0 Å². The highest BCUT2D eigenvalue weighted by molar-refractivity contribution is 5.96. The predicted octanol–water partition coefficient (Wildman–Crippen LogP) is 2.22. The Labute approximate surface area is 124 Å². The zero-order valence-corrected chi connectivity index (χ0v) is 12.1. The van der Waals surface area contributed by atoms with Gasteiger partial charge in [0.05, 0.1) is 6.04 Å². The van der Waals surface area contributed by atoms with Gasteiger partial charge in [0.25, 0.3) is 5.91 Å². The second kappa shape index (κ2) is 6.06. The SMILES string of the molecule is C[C@@H](NC(=O)c1cccc2c1CCNC2)c1cccnc1. The zero-order valence-electron chi connectivity index (χ0n) is 12.1. The molecule has 0 fully saturated rings. The number of amides is 1. The average Bonchev–Trinajstić information content (AvgIpc) is 2.55. The fourth-order valence-corrected chi connectivity index (χ4v) is 2.73. The average molecular weight is 281 g/mol. The molecule has 2 aromatic rings. The summed E-state index contributed by atoms with van der Waals surface area (Å²) in [5.41, 5.74) is 4.21. The van der Waals surface area contributed by atoms with E-state index in [0.717, 1.165) is 30.6 Å². The Hall–Kier alpha value is -2.20. The van der Waals surface area contributed by atoms with Crippen LogP contribution in [-0.4, -0.2) is 17.4 Å². The molecular formula is C17H19N3O. The first-order valence-corrected chi connectivity index (χ1v) is 7.28. The van der Waals surface area contributed by atoms with Crippen LogP contribution in [0, 0.1) is 0 Å². The maximum atomic E-state index is 12.5. The van der Waals surface area contributed by atoms with Gasteiger partial charge in [-0.25, -0.2) is 0 Å². The van der Waals surface area contributed by atoms with Gasteiger partial charge in [0.1, 0.15) is 0 Å². The van der Waals surface area contributed by atoms with Gasteiger partial charge in [-0.2, -0.15) is 0 Å². The Morgan fingerprint density at radius 2 is 2.24 bits per heavy atom. The highest BCUT2D eigenvalue weighted by atomic mass is 16.1. The monoisotopic (exact) mass is 281 g/mol. The number of nitrogens with one attached hydrogen (secondary N) is 2. The molecule has 0 unspecified atom stereocenters. The van der Waals surface area contributed by atoms with Crippen molar-refractivity contribution in [1.82, 2.24) is 15.6 Å². The maximum absolute atomic E-state index is 12.5. The molecule has 1 aromatic carbocycles. The van der Waals surface area contributed by atoms with Crippen molar-refractivity contribution in [1.29, 1.82) is 0 Å². The van der Waals surface area contributed by atoms with E-state index in [9.17, 15) is 4.79 Å². The number of aromatic nitrogens is 1. The van der Waals surface area contributed by atoms with Gasteiger partial charge >= 0.3 is 0 Å². The molecule has 1 aromatic heterocycles. The number of pyridine rings is 1. The second-order valence-corrected chi connectivity index (χ2v) is 5.35. The number of hydrogen-bond acceptors (Lipinski definition) is 3. The summed E-state index contributed by atoms with van der Waals surface area (Å²) in [5, 5.41) is 6.40. The number of fused-ring (bicyclic) bond motifs is 1. The third-order valence-electron chi connectivity index (χ3n) is 3.92. The van der Waals surface area contributed by atoms with Crippen molar-refractivity contribution in [3.8, 4) is 0 Å². The molecule has 0 saturated heterocycles. The number of benzene rings is 1. The van der Waals surface area contributed by atoms with Gasteiger partial charge in [-0.1, -0.05) is 18.2 Å². The first-order chi connectivity index (χ1) is 10.3. The minimum Gasteiger partial charge on any atom is -0.345 e. The normalized spacial score (nSPS) is 15.1. The van der Waals surface area contributed by atoms with Gasteiger partial charge in [-0.15, -0.1) is 0 Å². The highest BCUT2D eigenvalue weighted by Crippen LogP contribution is 2.20. The van der Waals surface area contributed by atoms with E-state index in [1.54, 1.807) is 12.4 Å². The van der Waals surface area contributed by atoms with Gasteiger partial charge in [0, 0.05) is 24.5 Å². The van der Waals surface area contributed by atoms with E-state index in [2.05, 4.69) is 21.7 Å². The fraction of sp³-hybridized carbons (Fsp3) is 0.294. The topological polar surface area (TPSA) is 54.0 Å². The molecule has 108 valence electrons. The molecule has 0 spiro atoms. The van der Waals surface area contributed by atoms with Crippen LogP contribution in [0.15, 0.2) is 42.7 Å². The number of carbonyl (C=O) groups is 1. The van der Waals surface area contributed by atoms with Crippen molar-refractivity contribution in [2.45, 2.75) is 25.9 Å². The van der Waals surface area contributed by atoms with E-state index >= 15 is 0 Å². The minimum atomic E-state index is -0.0521. The van der Waals surface area contributed by atoms with Crippen LogP contribution in [0.2, 0.25) is 0 Å². The highest BCUT2D eigenvalue weighted by Gasteiger charge is 2.18. The lowest BCUT2D eigenvalue weighted by molar-refractivity contribution is 0.0938. The minimum absolute atomic E-state index is 0.00916. The molecule has 0 saturated carbocycles. The Bertz CT molecular complexity index is 640. The second-order valence-electron chi connectivity index (χ2n) is 5.35. The van der Waals surface area contributed by atoms with E-state index in [0.29, 0.717) is 0 Å². The lowest BCUT2D eigenvalue weighted by atomic mass is 9.95. The summed E-state index contributed by atoms with van der Waals surface area (Å²) < 4.78 is 0. The van der Waals surface area contributed by atoms with Crippen molar-refractivity contribution in [3.05, 3.63) is 65.0 Å². The quantitative estimate of drug-likeness (QED) is 0.907. The van der Waals surface area contributed by atoms with Crippen LogP contribution in [-0.2, 0) is 13.0 Å². The van der Waals surface area contributed by atoms with Crippen molar-refractivity contribution in [2.24, 2.45) is 0 Å². The van der Waals surface area contributed by atoms with Crippen molar-refractivity contribution in [2.75, 3.05) is 6.54 Å². The molecule has 0 aliphatic carbocycles. The molecule has 1 aliphatic heterocycles. The molecular weight excluding hydrogens is 262 g/mol. The zero-order chi connectivity index (χ0) is 14.7. The first-order valence-electron chi connectivity index (χ1n) is 7.28. The van der Waals surface area contributed by atoms with E-state index in [1.807, 2.05) is 31.2 Å². The molecule has 0 bridgehead atoms. The fourth-order valence-electron chi connectivity index (χ4n) is 2.73. The maximum Gasteiger partial charge on any atom is 0.252 e. The van der Waals surface area contributed by atoms with E-state index in [-0.39, 0.29) is 11.9 Å². The number of hydrogen-bond donors (Lipinski definition) is 2. The number of carbonyl (C=O) groups excluding carboxylic acids is 1.